The van der Waals surface area contributed by atoms with Crippen molar-refractivity contribution in [1.82, 2.24) is 9.78 Å². The SMILES string of the molecule is N#Cc1c(-c2ccc(C(F)(F)F)cc2)c(C(F)(F)F)nn1-c1ccccc1. The lowest BCUT2D eigenvalue weighted by Gasteiger charge is -2.09. The van der Waals surface area contributed by atoms with Gasteiger partial charge in [-0.15, -0.1) is 0 Å². The van der Waals surface area contributed by atoms with Crippen molar-refractivity contribution in [3.8, 4) is 22.9 Å². The lowest BCUT2D eigenvalue weighted by molar-refractivity contribution is -0.141. The highest BCUT2D eigenvalue weighted by Crippen LogP contribution is 2.40. The second-order valence-electron chi connectivity index (χ2n) is 5.50. The number of nitriles is 1. The van der Waals surface area contributed by atoms with E-state index in [1.54, 1.807) is 24.3 Å². The van der Waals surface area contributed by atoms with E-state index in [0.717, 1.165) is 16.8 Å². The molecule has 1 aromatic heterocycles. The van der Waals surface area contributed by atoms with Gasteiger partial charge in [-0.1, -0.05) is 30.3 Å². The Bertz CT molecular complexity index is 993. The molecule has 0 N–H and O–H groups in total. The topological polar surface area (TPSA) is 41.6 Å². The minimum absolute atomic E-state index is 0.186. The molecule has 9 heteroatoms. The summed E-state index contributed by atoms with van der Waals surface area (Å²) in [7, 11) is 0. The van der Waals surface area contributed by atoms with E-state index in [1.165, 1.54) is 12.1 Å². The smallest absolute Gasteiger partial charge is 0.222 e. The highest BCUT2D eigenvalue weighted by atomic mass is 19.4. The molecule has 0 aliphatic rings. The lowest BCUT2D eigenvalue weighted by Crippen LogP contribution is -2.09. The van der Waals surface area contributed by atoms with Crippen molar-refractivity contribution in [2.45, 2.75) is 12.4 Å². The fraction of sp³-hybridized carbons (Fsp3) is 0.111. The number of alkyl halides is 6. The van der Waals surface area contributed by atoms with Crippen molar-refractivity contribution < 1.29 is 26.3 Å². The van der Waals surface area contributed by atoms with E-state index in [0.29, 0.717) is 12.1 Å². The Kier molecular flexibility index (Phi) is 4.43. The van der Waals surface area contributed by atoms with Gasteiger partial charge in [0.15, 0.2) is 11.4 Å². The molecule has 2 aromatic carbocycles. The van der Waals surface area contributed by atoms with Gasteiger partial charge in [-0.05, 0) is 29.8 Å². The van der Waals surface area contributed by atoms with Gasteiger partial charge in [-0.2, -0.15) is 36.7 Å². The maximum absolute atomic E-state index is 13.5. The van der Waals surface area contributed by atoms with Crippen molar-refractivity contribution >= 4 is 0 Å². The molecule has 0 unspecified atom stereocenters. The zero-order valence-electron chi connectivity index (χ0n) is 13.3. The van der Waals surface area contributed by atoms with E-state index in [4.69, 9.17) is 0 Å². The molecule has 0 saturated carbocycles. The maximum atomic E-state index is 13.5. The van der Waals surface area contributed by atoms with Gasteiger partial charge >= 0.3 is 12.4 Å². The molecule has 0 spiro atoms. The van der Waals surface area contributed by atoms with Crippen LogP contribution in [0.25, 0.3) is 16.8 Å². The highest BCUT2D eigenvalue weighted by Gasteiger charge is 2.40. The predicted molar refractivity (Wildman–Crippen MR) is 83.7 cm³/mol. The van der Waals surface area contributed by atoms with Crippen LogP contribution in [0.2, 0.25) is 0 Å². The van der Waals surface area contributed by atoms with Crippen molar-refractivity contribution in [3.63, 3.8) is 0 Å². The van der Waals surface area contributed by atoms with Crippen LogP contribution in [0.15, 0.2) is 54.6 Å². The Balaban J connectivity index is 2.25. The second-order valence-corrected chi connectivity index (χ2v) is 5.50. The lowest BCUT2D eigenvalue weighted by atomic mass is 10.0. The molecule has 0 radical (unpaired) electrons. The first-order valence-electron chi connectivity index (χ1n) is 7.46. The number of rotatable bonds is 2. The molecule has 0 bridgehead atoms. The Labute approximate surface area is 149 Å². The van der Waals surface area contributed by atoms with Gasteiger partial charge in [-0.3, -0.25) is 0 Å². The minimum Gasteiger partial charge on any atom is -0.222 e. The summed E-state index contributed by atoms with van der Waals surface area (Å²) in [5.41, 5.74) is -3.31. The molecule has 0 saturated heterocycles. The zero-order valence-corrected chi connectivity index (χ0v) is 13.3. The Hall–Kier alpha value is -3.28. The number of aromatic nitrogens is 2. The third-order valence-corrected chi connectivity index (χ3v) is 3.76. The number of benzene rings is 2. The van der Waals surface area contributed by atoms with Crippen LogP contribution >= 0.6 is 0 Å². The van der Waals surface area contributed by atoms with Gasteiger partial charge in [0, 0.05) is 0 Å². The van der Waals surface area contributed by atoms with Crippen molar-refractivity contribution in [3.05, 3.63) is 71.5 Å². The van der Waals surface area contributed by atoms with Gasteiger partial charge in [0.2, 0.25) is 0 Å². The summed E-state index contributed by atoms with van der Waals surface area (Å²) >= 11 is 0. The monoisotopic (exact) mass is 381 g/mol. The predicted octanol–water partition coefficient (Wildman–Crippen LogP) is 5.45. The maximum Gasteiger partial charge on any atom is 0.435 e. The highest BCUT2D eigenvalue weighted by molar-refractivity contribution is 5.73. The average molecular weight is 381 g/mol. The average Bonchev–Trinajstić information content (AvgIpc) is 3.02. The number of hydrogen-bond acceptors (Lipinski definition) is 2. The van der Waals surface area contributed by atoms with E-state index >= 15 is 0 Å². The van der Waals surface area contributed by atoms with Crippen LogP contribution in [0.4, 0.5) is 26.3 Å². The van der Waals surface area contributed by atoms with Gasteiger partial charge in [0.25, 0.3) is 0 Å². The van der Waals surface area contributed by atoms with Crippen molar-refractivity contribution in [2.24, 2.45) is 0 Å². The quantitative estimate of drug-likeness (QED) is 0.554. The standard InChI is InChI=1S/C18H9F6N3/c19-17(20,21)12-8-6-11(7-9-12)15-14(10-25)27(13-4-2-1-3-5-13)26-16(15)18(22,23)24/h1-9H. The molecule has 27 heavy (non-hydrogen) atoms. The van der Waals surface area contributed by atoms with Crippen molar-refractivity contribution in [1.29, 1.82) is 5.26 Å². The first-order chi connectivity index (χ1) is 12.6. The molecule has 0 aliphatic carbocycles. The molecule has 0 atom stereocenters. The molecule has 0 amide bonds. The Morgan fingerprint density at radius 2 is 1.41 bits per heavy atom. The zero-order chi connectivity index (χ0) is 19.8. The van der Waals surface area contributed by atoms with E-state index < -0.39 is 34.9 Å². The summed E-state index contributed by atoms with van der Waals surface area (Å²) < 4.78 is 79.4. The van der Waals surface area contributed by atoms with E-state index in [1.807, 2.05) is 0 Å². The molecular weight excluding hydrogens is 372 g/mol. The summed E-state index contributed by atoms with van der Waals surface area (Å²) in [5.74, 6) is 0. The third-order valence-electron chi connectivity index (χ3n) is 3.76. The van der Waals surface area contributed by atoms with Crippen LogP contribution in [0.5, 0.6) is 0 Å². The van der Waals surface area contributed by atoms with E-state index in [2.05, 4.69) is 5.10 Å². The molecule has 3 aromatic rings. The first-order valence-corrected chi connectivity index (χ1v) is 7.46. The molecule has 3 nitrogen and oxygen atoms in total. The van der Waals surface area contributed by atoms with Gasteiger partial charge < -0.3 is 0 Å². The Morgan fingerprint density at radius 3 is 1.89 bits per heavy atom. The molecular formula is C18H9F6N3. The van der Waals surface area contributed by atoms with E-state index in [-0.39, 0.29) is 11.3 Å². The van der Waals surface area contributed by atoms with Crippen LogP contribution in [0.1, 0.15) is 17.0 Å². The number of nitrogens with zero attached hydrogens (tertiary/aromatic N) is 3. The fourth-order valence-corrected chi connectivity index (χ4v) is 2.58. The summed E-state index contributed by atoms with van der Waals surface area (Å²) in [6, 6.07) is 12.5. The summed E-state index contributed by atoms with van der Waals surface area (Å²) in [4.78, 5) is 0. The van der Waals surface area contributed by atoms with Crippen molar-refractivity contribution in [2.75, 3.05) is 0 Å². The fourth-order valence-electron chi connectivity index (χ4n) is 2.58. The van der Waals surface area contributed by atoms with E-state index in [9.17, 15) is 31.6 Å². The third kappa shape index (κ3) is 3.51. The number of para-hydroxylation sites is 1. The summed E-state index contributed by atoms with van der Waals surface area (Å²) in [5, 5.41) is 12.9. The molecule has 1 heterocycles. The van der Waals surface area contributed by atoms with Gasteiger partial charge in [-0.25, -0.2) is 4.68 Å². The van der Waals surface area contributed by atoms with Crippen LogP contribution in [-0.4, -0.2) is 9.78 Å². The van der Waals surface area contributed by atoms with Crippen LogP contribution < -0.4 is 0 Å². The van der Waals surface area contributed by atoms with Gasteiger partial charge in [0.05, 0.1) is 16.8 Å². The number of halogens is 6. The molecule has 138 valence electrons. The summed E-state index contributed by atoms with van der Waals surface area (Å²) in [6.45, 7) is 0. The second kappa shape index (κ2) is 6.46. The minimum atomic E-state index is -4.90. The largest absolute Gasteiger partial charge is 0.435 e. The normalized spacial score (nSPS) is 12.0. The first kappa shape index (κ1) is 18.5. The van der Waals surface area contributed by atoms with Crippen LogP contribution in [-0.2, 0) is 12.4 Å². The summed E-state index contributed by atoms with van der Waals surface area (Å²) in [6.07, 6.45) is -9.53. The molecule has 0 fully saturated rings. The molecule has 3 rings (SSSR count). The van der Waals surface area contributed by atoms with Gasteiger partial charge in [0.1, 0.15) is 6.07 Å². The van der Waals surface area contributed by atoms with Crippen LogP contribution in [0, 0.1) is 11.3 Å². The number of hydrogen-bond donors (Lipinski definition) is 0. The van der Waals surface area contributed by atoms with Crippen LogP contribution in [0.3, 0.4) is 0 Å². The molecule has 0 aliphatic heterocycles. The Morgan fingerprint density at radius 1 is 0.815 bits per heavy atom.